The van der Waals surface area contributed by atoms with Gasteiger partial charge >= 0.3 is 0 Å². The van der Waals surface area contributed by atoms with E-state index in [1.807, 2.05) is 13.8 Å². The van der Waals surface area contributed by atoms with Crippen LogP contribution in [-0.2, 0) is 19.6 Å². The van der Waals surface area contributed by atoms with Crippen LogP contribution in [0.25, 0.3) is 0 Å². The average molecular weight is 429 g/mol. The van der Waals surface area contributed by atoms with Crippen LogP contribution >= 0.6 is 11.3 Å². The van der Waals surface area contributed by atoms with Gasteiger partial charge in [0.1, 0.15) is 4.21 Å². The van der Waals surface area contributed by atoms with Crippen molar-refractivity contribution in [3.8, 4) is 0 Å². The van der Waals surface area contributed by atoms with Crippen molar-refractivity contribution in [1.29, 1.82) is 0 Å². The summed E-state index contributed by atoms with van der Waals surface area (Å²) in [5.74, 6) is 0.0525. The second-order valence-electron chi connectivity index (χ2n) is 7.20. The minimum atomic E-state index is -3.57. The Morgan fingerprint density at radius 3 is 2.79 bits per heavy atom. The molecule has 0 radical (unpaired) electrons. The Bertz CT molecular complexity index is 793. The first-order chi connectivity index (χ1) is 13.4. The Morgan fingerprint density at radius 2 is 2.14 bits per heavy atom. The van der Waals surface area contributed by atoms with Gasteiger partial charge in [0.2, 0.25) is 21.8 Å². The molecule has 0 spiro atoms. The molecule has 3 atom stereocenters. The summed E-state index contributed by atoms with van der Waals surface area (Å²) in [6.07, 6.45) is 1.52. The van der Waals surface area contributed by atoms with E-state index in [2.05, 4.69) is 14.9 Å². The molecule has 1 aromatic heterocycles. The van der Waals surface area contributed by atoms with Gasteiger partial charge in [0.05, 0.1) is 6.04 Å². The highest BCUT2D eigenvalue weighted by molar-refractivity contribution is 7.91. The number of piperazine rings is 1. The molecule has 0 bridgehead atoms. The second-order valence-corrected chi connectivity index (χ2v) is 10.1. The van der Waals surface area contributed by atoms with Gasteiger partial charge in [0.15, 0.2) is 0 Å². The Labute approximate surface area is 170 Å². The first-order valence-corrected chi connectivity index (χ1v) is 12.1. The highest BCUT2D eigenvalue weighted by Gasteiger charge is 2.44. The van der Waals surface area contributed by atoms with Gasteiger partial charge in [-0.05, 0) is 38.1 Å². The lowest BCUT2D eigenvalue weighted by molar-refractivity contribution is -0.132. The summed E-state index contributed by atoms with van der Waals surface area (Å²) in [4.78, 5) is 28.5. The van der Waals surface area contributed by atoms with Crippen LogP contribution in [0.4, 0.5) is 0 Å². The molecule has 3 heterocycles. The Kier molecular flexibility index (Phi) is 6.74. The summed E-state index contributed by atoms with van der Waals surface area (Å²) < 4.78 is 28.0. The number of nitrogens with one attached hydrogen (secondary N) is 2. The molecule has 2 aliphatic rings. The van der Waals surface area contributed by atoms with Gasteiger partial charge in [-0.3, -0.25) is 14.5 Å². The second kappa shape index (κ2) is 8.89. The molecule has 0 aliphatic carbocycles. The van der Waals surface area contributed by atoms with E-state index in [1.54, 1.807) is 22.4 Å². The van der Waals surface area contributed by atoms with Crippen molar-refractivity contribution < 1.29 is 18.0 Å². The van der Waals surface area contributed by atoms with E-state index in [0.29, 0.717) is 45.4 Å². The van der Waals surface area contributed by atoms with Gasteiger partial charge in [-0.15, -0.1) is 11.3 Å². The van der Waals surface area contributed by atoms with Crippen molar-refractivity contribution in [1.82, 2.24) is 19.8 Å². The number of thiophene rings is 1. The van der Waals surface area contributed by atoms with E-state index in [9.17, 15) is 18.0 Å². The summed E-state index contributed by atoms with van der Waals surface area (Å²) in [6, 6.07) is 2.65. The lowest BCUT2D eigenvalue weighted by Crippen LogP contribution is -2.58. The van der Waals surface area contributed by atoms with Gasteiger partial charge in [0, 0.05) is 44.7 Å². The van der Waals surface area contributed by atoms with Crippen LogP contribution in [0.15, 0.2) is 21.7 Å². The Balaban J connectivity index is 1.63. The number of carbonyl (C=O) groups excluding carboxylic acids is 2. The maximum atomic E-state index is 12.5. The van der Waals surface area contributed by atoms with Gasteiger partial charge < -0.3 is 10.2 Å². The third-order valence-corrected chi connectivity index (χ3v) is 8.43. The van der Waals surface area contributed by atoms with Crippen molar-refractivity contribution >= 4 is 33.2 Å². The number of nitrogens with zero attached hydrogens (tertiary/aromatic N) is 2. The minimum Gasteiger partial charge on any atom is -0.353 e. The van der Waals surface area contributed by atoms with E-state index >= 15 is 0 Å². The fourth-order valence-corrected chi connectivity index (χ4v) is 6.30. The summed E-state index contributed by atoms with van der Waals surface area (Å²) in [6.45, 7) is 6.27. The van der Waals surface area contributed by atoms with Gasteiger partial charge in [-0.2, -0.15) is 0 Å². The number of carbonyl (C=O) groups is 2. The molecule has 2 fully saturated rings. The largest absolute Gasteiger partial charge is 0.353 e. The van der Waals surface area contributed by atoms with Crippen molar-refractivity contribution in [2.24, 2.45) is 0 Å². The van der Waals surface area contributed by atoms with Gasteiger partial charge in [-0.25, -0.2) is 13.1 Å². The molecule has 0 saturated carbocycles. The van der Waals surface area contributed by atoms with Crippen LogP contribution in [0.2, 0.25) is 0 Å². The maximum Gasteiger partial charge on any atom is 0.250 e. The monoisotopic (exact) mass is 428 g/mol. The summed E-state index contributed by atoms with van der Waals surface area (Å²) in [5, 5.41) is 4.64. The zero-order valence-corrected chi connectivity index (χ0v) is 17.9. The fourth-order valence-electron chi connectivity index (χ4n) is 4.05. The SMILES string of the molecule is CCN(CC)C(=O)CC[C@@H]1CNC(=O)[C@@H]2C[C@H](NS(=O)(=O)c3cccs3)CN12. The third-order valence-electron chi connectivity index (χ3n) is 5.51. The molecule has 2 N–H and O–H groups in total. The van der Waals surface area contributed by atoms with Crippen molar-refractivity contribution in [3.05, 3.63) is 17.5 Å². The molecule has 2 saturated heterocycles. The Hall–Kier alpha value is -1.49. The van der Waals surface area contributed by atoms with E-state index in [-0.39, 0.29) is 34.1 Å². The molecule has 2 aliphatic heterocycles. The van der Waals surface area contributed by atoms with E-state index in [4.69, 9.17) is 0 Å². The van der Waals surface area contributed by atoms with Gasteiger partial charge in [-0.1, -0.05) is 6.07 Å². The summed E-state index contributed by atoms with van der Waals surface area (Å²) in [5.41, 5.74) is 0. The van der Waals surface area contributed by atoms with Gasteiger partial charge in [0.25, 0.3) is 0 Å². The first-order valence-electron chi connectivity index (χ1n) is 9.72. The zero-order valence-electron chi connectivity index (χ0n) is 16.3. The molecule has 28 heavy (non-hydrogen) atoms. The molecule has 1 aromatic rings. The number of fused-ring (bicyclic) bond motifs is 1. The van der Waals surface area contributed by atoms with Crippen LogP contribution in [0.1, 0.15) is 33.1 Å². The Morgan fingerprint density at radius 1 is 1.39 bits per heavy atom. The zero-order chi connectivity index (χ0) is 20.3. The van der Waals surface area contributed by atoms with Crippen LogP contribution in [0.3, 0.4) is 0 Å². The van der Waals surface area contributed by atoms with Crippen LogP contribution < -0.4 is 10.0 Å². The molecule has 0 unspecified atom stereocenters. The van der Waals surface area contributed by atoms with Crippen LogP contribution in [0.5, 0.6) is 0 Å². The lowest BCUT2D eigenvalue weighted by atomic mass is 10.0. The molecule has 0 aromatic carbocycles. The number of sulfonamides is 1. The first kappa shape index (κ1) is 21.2. The highest BCUT2D eigenvalue weighted by atomic mass is 32.2. The van der Waals surface area contributed by atoms with Crippen molar-refractivity contribution in [3.63, 3.8) is 0 Å². The molecular weight excluding hydrogens is 400 g/mol. The molecular formula is C18H28N4O4S2. The molecule has 10 heteroatoms. The van der Waals surface area contributed by atoms with Crippen molar-refractivity contribution in [2.45, 2.75) is 55.4 Å². The number of hydrogen-bond donors (Lipinski definition) is 2. The smallest absolute Gasteiger partial charge is 0.250 e. The molecule has 156 valence electrons. The summed E-state index contributed by atoms with van der Waals surface area (Å²) >= 11 is 1.17. The minimum absolute atomic E-state index is 0.0402. The fraction of sp³-hybridized carbons (Fsp3) is 0.667. The number of amides is 2. The van der Waals surface area contributed by atoms with E-state index in [0.717, 1.165) is 0 Å². The third kappa shape index (κ3) is 4.56. The normalized spacial score (nSPS) is 25.4. The number of hydrogen-bond acceptors (Lipinski definition) is 6. The molecule has 2 amide bonds. The van der Waals surface area contributed by atoms with Crippen LogP contribution in [-0.4, -0.2) is 74.3 Å². The van der Waals surface area contributed by atoms with E-state index < -0.39 is 10.0 Å². The number of rotatable bonds is 8. The topological polar surface area (TPSA) is 98.8 Å². The average Bonchev–Trinajstić information content (AvgIpc) is 3.32. The summed E-state index contributed by atoms with van der Waals surface area (Å²) in [7, 11) is -3.57. The quantitative estimate of drug-likeness (QED) is 0.632. The highest BCUT2D eigenvalue weighted by Crippen LogP contribution is 2.27. The molecule has 8 nitrogen and oxygen atoms in total. The predicted octanol–water partition coefficient (Wildman–Crippen LogP) is 0.616. The maximum absolute atomic E-state index is 12.5. The van der Waals surface area contributed by atoms with Crippen molar-refractivity contribution in [2.75, 3.05) is 26.2 Å². The van der Waals surface area contributed by atoms with E-state index in [1.165, 1.54) is 11.3 Å². The predicted molar refractivity (Wildman–Crippen MR) is 107 cm³/mol. The van der Waals surface area contributed by atoms with Crippen LogP contribution in [0, 0.1) is 0 Å². The standard InChI is InChI=1S/C18H28N4O4S2/c1-3-21(4-2)16(23)8-7-14-11-19-18(24)15-10-13(12-22(14)15)20-28(25,26)17-6-5-9-27-17/h5-6,9,13-15,20H,3-4,7-8,10-12H2,1-2H3,(H,19,24)/t13-,14+,15-/m0/s1. The lowest BCUT2D eigenvalue weighted by Gasteiger charge is -2.37. The molecule has 3 rings (SSSR count).